The highest BCUT2D eigenvalue weighted by atomic mass is 16.5. The molecule has 0 fully saturated rings. The van der Waals surface area contributed by atoms with Crippen LogP contribution in [0.2, 0.25) is 0 Å². The van der Waals surface area contributed by atoms with E-state index in [0.717, 1.165) is 17.9 Å². The molecule has 0 aliphatic carbocycles. The Kier molecular flexibility index (Phi) is 4.65. The average Bonchev–Trinajstić information content (AvgIpc) is 2.99. The Balaban J connectivity index is 1.90. The fourth-order valence-corrected chi connectivity index (χ4v) is 3.67. The summed E-state index contributed by atoms with van der Waals surface area (Å²) in [4.78, 5) is 29.4. The van der Waals surface area contributed by atoms with Gasteiger partial charge in [-0.3, -0.25) is 9.59 Å². The predicted molar refractivity (Wildman–Crippen MR) is 106 cm³/mol. The number of carbonyl (C=O) groups excluding carboxylic acids is 1. The summed E-state index contributed by atoms with van der Waals surface area (Å²) in [5.74, 6) is 0.640. The number of nitrogens with one attached hydrogen (secondary N) is 1. The van der Waals surface area contributed by atoms with Gasteiger partial charge in [-0.15, -0.1) is 0 Å². The zero-order valence-corrected chi connectivity index (χ0v) is 16.2. The Morgan fingerprint density at radius 3 is 2.46 bits per heavy atom. The second kappa shape index (κ2) is 7.13. The summed E-state index contributed by atoms with van der Waals surface area (Å²) >= 11 is 0. The van der Waals surface area contributed by atoms with Gasteiger partial charge in [-0.1, -0.05) is 24.3 Å². The lowest BCUT2D eigenvalue weighted by Crippen LogP contribution is -3.06. The lowest BCUT2D eigenvalue weighted by Gasteiger charge is -2.25. The molecule has 4 rings (SSSR count). The van der Waals surface area contributed by atoms with Crippen LogP contribution in [0.15, 0.2) is 57.7 Å². The monoisotopic (exact) mass is 379 g/mol. The maximum atomic E-state index is 13.3. The van der Waals surface area contributed by atoms with Crippen molar-refractivity contribution in [3.05, 3.63) is 75.6 Å². The van der Waals surface area contributed by atoms with Crippen molar-refractivity contribution in [2.24, 2.45) is 0 Å². The first-order valence-electron chi connectivity index (χ1n) is 9.31. The highest BCUT2D eigenvalue weighted by molar-refractivity contribution is 5.99. The number of hydrogen-bond acceptors (Lipinski definition) is 4. The standard InChI is InChI=1S/C22H22N2O4/c1-23(2)12-13-24-19(14-8-10-15(27-3)11-9-14)18-20(25)16-6-4-5-7-17(16)28-21(18)22(24)26/h4-11,19H,12-13H2,1-3H3/p+1/t19-/m1/s1. The number of amides is 1. The number of likely N-dealkylation sites (N-methyl/N-ethyl adjacent to an activating group) is 1. The molecule has 6 heteroatoms. The molecule has 1 aliphatic rings. The lowest BCUT2D eigenvalue weighted by atomic mass is 9.98. The Bertz CT molecular complexity index is 1090. The molecule has 0 bridgehead atoms. The third-order valence-electron chi connectivity index (χ3n) is 5.16. The zero-order chi connectivity index (χ0) is 19.8. The van der Waals surface area contributed by atoms with E-state index in [2.05, 4.69) is 0 Å². The summed E-state index contributed by atoms with van der Waals surface area (Å²) in [6, 6.07) is 14.1. The molecule has 2 aromatic carbocycles. The first-order chi connectivity index (χ1) is 13.5. The van der Waals surface area contributed by atoms with Crippen molar-refractivity contribution in [2.75, 3.05) is 34.3 Å². The van der Waals surface area contributed by atoms with Gasteiger partial charge in [0.1, 0.15) is 11.3 Å². The Morgan fingerprint density at radius 2 is 1.79 bits per heavy atom. The van der Waals surface area contributed by atoms with Gasteiger partial charge < -0.3 is 19.0 Å². The summed E-state index contributed by atoms with van der Waals surface area (Å²) in [5, 5.41) is 0.493. The molecule has 0 radical (unpaired) electrons. The van der Waals surface area contributed by atoms with Crippen LogP contribution < -0.4 is 15.1 Å². The number of rotatable bonds is 5. The molecule has 1 aliphatic heterocycles. The Labute approximate surface area is 162 Å². The lowest BCUT2D eigenvalue weighted by molar-refractivity contribution is -0.857. The van der Waals surface area contributed by atoms with E-state index in [0.29, 0.717) is 23.1 Å². The Morgan fingerprint density at radius 1 is 1.07 bits per heavy atom. The topological polar surface area (TPSA) is 64.2 Å². The zero-order valence-electron chi connectivity index (χ0n) is 16.2. The molecule has 28 heavy (non-hydrogen) atoms. The van der Waals surface area contributed by atoms with Gasteiger partial charge in [0.05, 0.1) is 51.3 Å². The van der Waals surface area contributed by atoms with E-state index >= 15 is 0 Å². The summed E-state index contributed by atoms with van der Waals surface area (Å²) in [7, 11) is 5.68. The van der Waals surface area contributed by atoms with Gasteiger partial charge in [-0.25, -0.2) is 0 Å². The van der Waals surface area contributed by atoms with Crippen LogP contribution in [0.1, 0.15) is 27.7 Å². The third-order valence-corrected chi connectivity index (χ3v) is 5.16. The SMILES string of the molecule is COc1ccc([C@@H]2c3c(oc4ccccc4c3=O)C(=O)N2CC[NH+](C)C)cc1. The van der Waals surface area contributed by atoms with Gasteiger partial charge in [-0.2, -0.15) is 0 Å². The van der Waals surface area contributed by atoms with Crippen molar-refractivity contribution < 1.29 is 18.8 Å². The molecule has 2 heterocycles. The highest BCUT2D eigenvalue weighted by Crippen LogP contribution is 2.38. The minimum absolute atomic E-state index is 0.147. The van der Waals surface area contributed by atoms with E-state index in [4.69, 9.17) is 9.15 Å². The molecule has 3 aromatic rings. The fraction of sp³-hybridized carbons (Fsp3) is 0.273. The summed E-state index contributed by atoms with van der Waals surface area (Å²) in [6.45, 7) is 1.29. The first-order valence-corrected chi connectivity index (χ1v) is 9.31. The molecule has 0 saturated heterocycles. The van der Waals surface area contributed by atoms with Gasteiger partial charge in [0.2, 0.25) is 5.76 Å². The molecule has 0 saturated carbocycles. The maximum absolute atomic E-state index is 13.3. The third kappa shape index (κ3) is 2.96. The van der Waals surface area contributed by atoms with Crippen LogP contribution in [0.5, 0.6) is 5.75 Å². The molecule has 1 atom stereocenters. The van der Waals surface area contributed by atoms with Gasteiger partial charge >= 0.3 is 0 Å². The quantitative estimate of drug-likeness (QED) is 0.730. The van der Waals surface area contributed by atoms with Gasteiger partial charge in [0.25, 0.3) is 5.91 Å². The van der Waals surface area contributed by atoms with E-state index in [1.807, 2.05) is 38.4 Å². The van der Waals surface area contributed by atoms with Crippen LogP contribution >= 0.6 is 0 Å². The van der Waals surface area contributed by atoms with Crippen molar-refractivity contribution in [2.45, 2.75) is 6.04 Å². The van der Waals surface area contributed by atoms with E-state index in [1.54, 1.807) is 36.3 Å². The molecule has 0 spiro atoms. The molecule has 1 N–H and O–H groups in total. The molecular weight excluding hydrogens is 356 g/mol. The van der Waals surface area contributed by atoms with E-state index in [-0.39, 0.29) is 17.1 Å². The molecule has 1 amide bonds. The average molecular weight is 379 g/mol. The highest BCUT2D eigenvalue weighted by Gasteiger charge is 2.42. The van der Waals surface area contributed by atoms with Crippen LogP contribution in [-0.2, 0) is 0 Å². The normalized spacial score (nSPS) is 16.1. The molecule has 144 valence electrons. The van der Waals surface area contributed by atoms with Crippen LogP contribution in [-0.4, -0.2) is 45.1 Å². The van der Waals surface area contributed by atoms with Crippen LogP contribution in [0, 0.1) is 0 Å². The van der Waals surface area contributed by atoms with Crippen LogP contribution in [0.3, 0.4) is 0 Å². The van der Waals surface area contributed by atoms with Crippen LogP contribution in [0.25, 0.3) is 11.0 Å². The number of benzene rings is 2. The minimum Gasteiger partial charge on any atom is -0.497 e. The predicted octanol–water partition coefficient (Wildman–Crippen LogP) is 1.49. The van der Waals surface area contributed by atoms with E-state index in [1.165, 1.54) is 4.90 Å². The van der Waals surface area contributed by atoms with Crippen molar-refractivity contribution in [1.82, 2.24) is 4.90 Å². The fourth-order valence-electron chi connectivity index (χ4n) is 3.67. The largest absolute Gasteiger partial charge is 0.497 e. The number of carbonyl (C=O) groups is 1. The number of para-hydroxylation sites is 1. The van der Waals surface area contributed by atoms with Gasteiger partial charge in [0.15, 0.2) is 5.43 Å². The number of quaternary nitrogens is 1. The summed E-state index contributed by atoms with van der Waals surface area (Å²) in [5.41, 5.74) is 1.57. The number of ether oxygens (including phenoxy) is 1. The molecule has 6 nitrogen and oxygen atoms in total. The van der Waals surface area contributed by atoms with Crippen molar-refractivity contribution >= 4 is 16.9 Å². The van der Waals surface area contributed by atoms with Crippen molar-refractivity contribution in [3.63, 3.8) is 0 Å². The summed E-state index contributed by atoms with van der Waals surface area (Å²) < 4.78 is 11.2. The van der Waals surface area contributed by atoms with Gasteiger partial charge in [-0.05, 0) is 29.8 Å². The van der Waals surface area contributed by atoms with Gasteiger partial charge in [0, 0.05) is 0 Å². The molecular formula is C22H23N2O4+. The smallest absolute Gasteiger partial charge is 0.291 e. The second-order valence-corrected chi connectivity index (χ2v) is 7.30. The molecule has 0 unspecified atom stereocenters. The number of hydrogen-bond donors (Lipinski definition) is 1. The number of methoxy groups -OCH3 is 1. The first kappa shape index (κ1) is 18.3. The Hall–Kier alpha value is -3.12. The maximum Gasteiger partial charge on any atom is 0.291 e. The molecule has 1 aromatic heterocycles. The van der Waals surface area contributed by atoms with E-state index in [9.17, 15) is 9.59 Å². The van der Waals surface area contributed by atoms with Crippen molar-refractivity contribution in [3.8, 4) is 5.75 Å². The van der Waals surface area contributed by atoms with Crippen LogP contribution in [0.4, 0.5) is 0 Å². The number of nitrogens with zero attached hydrogens (tertiary/aromatic N) is 1. The number of fused-ring (bicyclic) bond motifs is 2. The summed E-state index contributed by atoms with van der Waals surface area (Å²) in [6.07, 6.45) is 0. The van der Waals surface area contributed by atoms with E-state index < -0.39 is 6.04 Å². The minimum atomic E-state index is -0.464. The second-order valence-electron chi connectivity index (χ2n) is 7.30. The van der Waals surface area contributed by atoms with Crippen molar-refractivity contribution in [1.29, 1.82) is 0 Å².